The average molecular weight is 210 g/mol. The van der Waals surface area contributed by atoms with Crippen LogP contribution in [0.3, 0.4) is 0 Å². The molecule has 2 unspecified atom stereocenters. The van der Waals surface area contributed by atoms with Crippen LogP contribution in [0.5, 0.6) is 0 Å². The van der Waals surface area contributed by atoms with Crippen LogP contribution in [0, 0.1) is 5.92 Å². The van der Waals surface area contributed by atoms with Crippen molar-refractivity contribution in [3.63, 3.8) is 0 Å². The van der Waals surface area contributed by atoms with Crippen molar-refractivity contribution in [1.29, 1.82) is 0 Å². The second kappa shape index (κ2) is 5.31. The van der Waals surface area contributed by atoms with Crippen molar-refractivity contribution < 1.29 is 0 Å². The van der Waals surface area contributed by atoms with Crippen molar-refractivity contribution in [2.75, 3.05) is 19.6 Å². The van der Waals surface area contributed by atoms with Gasteiger partial charge in [0.2, 0.25) is 0 Å². The highest BCUT2D eigenvalue weighted by Crippen LogP contribution is 2.28. The van der Waals surface area contributed by atoms with Crippen molar-refractivity contribution >= 4 is 0 Å². The van der Waals surface area contributed by atoms with E-state index in [2.05, 4.69) is 24.1 Å². The number of nitrogens with one attached hydrogen (secondary N) is 1. The summed E-state index contributed by atoms with van der Waals surface area (Å²) in [6.45, 7) is 8.42. The van der Waals surface area contributed by atoms with Gasteiger partial charge in [0.15, 0.2) is 0 Å². The normalized spacial score (nSPS) is 32.4. The molecule has 2 aliphatic rings. The van der Waals surface area contributed by atoms with E-state index in [9.17, 15) is 0 Å². The van der Waals surface area contributed by atoms with Crippen LogP contribution in [0.2, 0.25) is 0 Å². The predicted molar refractivity (Wildman–Crippen MR) is 65.1 cm³/mol. The van der Waals surface area contributed by atoms with E-state index in [1.165, 1.54) is 51.7 Å². The van der Waals surface area contributed by atoms with Crippen molar-refractivity contribution in [2.45, 2.75) is 58.0 Å². The van der Waals surface area contributed by atoms with Gasteiger partial charge in [-0.05, 0) is 51.5 Å². The Labute approximate surface area is 94.4 Å². The largest absolute Gasteiger partial charge is 0.315 e. The van der Waals surface area contributed by atoms with Crippen molar-refractivity contribution in [2.24, 2.45) is 5.92 Å². The minimum Gasteiger partial charge on any atom is -0.315 e. The fourth-order valence-electron chi connectivity index (χ4n) is 2.80. The van der Waals surface area contributed by atoms with E-state index in [4.69, 9.17) is 0 Å². The van der Waals surface area contributed by atoms with Gasteiger partial charge in [-0.25, -0.2) is 0 Å². The van der Waals surface area contributed by atoms with E-state index in [1.807, 2.05) is 0 Å². The Hall–Kier alpha value is -0.0800. The van der Waals surface area contributed by atoms with Gasteiger partial charge in [-0.2, -0.15) is 0 Å². The number of likely N-dealkylation sites (tertiary alicyclic amines) is 1. The predicted octanol–water partition coefficient (Wildman–Crippen LogP) is 2.25. The molecule has 0 spiro atoms. The fourth-order valence-corrected chi connectivity index (χ4v) is 2.80. The van der Waals surface area contributed by atoms with Crippen LogP contribution in [-0.2, 0) is 0 Å². The Balaban J connectivity index is 1.62. The summed E-state index contributed by atoms with van der Waals surface area (Å²) in [4.78, 5) is 2.71. The summed E-state index contributed by atoms with van der Waals surface area (Å²) < 4.78 is 0. The third-order valence-electron chi connectivity index (χ3n) is 4.10. The monoisotopic (exact) mass is 210 g/mol. The Bertz CT molecular complexity index is 189. The number of rotatable bonds is 6. The van der Waals surface area contributed by atoms with E-state index in [0.29, 0.717) is 0 Å². The Morgan fingerprint density at radius 3 is 2.67 bits per heavy atom. The summed E-state index contributed by atoms with van der Waals surface area (Å²) in [5.41, 5.74) is 0. The smallest absolute Gasteiger partial charge is 0.0113 e. The van der Waals surface area contributed by atoms with Gasteiger partial charge in [-0.15, -0.1) is 0 Å². The SMILES string of the molecule is CCC1CCC(C)N1CCNCC1CC1. The Morgan fingerprint density at radius 1 is 1.20 bits per heavy atom. The molecule has 15 heavy (non-hydrogen) atoms. The molecule has 0 bridgehead atoms. The molecule has 0 aromatic rings. The first-order valence-corrected chi connectivity index (χ1v) is 6.77. The lowest BCUT2D eigenvalue weighted by molar-refractivity contribution is 0.199. The molecule has 2 rings (SSSR count). The summed E-state index contributed by atoms with van der Waals surface area (Å²) in [5, 5.41) is 3.60. The van der Waals surface area contributed by atoms with Gasteiger partial charge in [-0.1, -0.05) is 6.92 Å². The van der Waals surface area contributed by atoms with Gasteiger partial charge in [0.05, 0.1) is 0 Å². The summed E-state index contributed by atoms with van der Waals surface area (Å²) >= 11 is 0. The molecular weight excluding hydrogens is 184 g/mol. The molecule has 0 aromatic heterocycles. The first kappa shape index (κ1) is 11.4. The van der Waals surface area contributed by atoms with Gasteiger partial charge < -0.3 is 5.32 Å². The lowest BCUT2D eigenvalue weighted by Crippen LogP contribution is -2.39. The molecule has 1 heterocycles. The van der Waals surface area contributed by atoms with Crippen LogP contribution in [0.25, 0.3) is 0 Å². The fraction of sp³-hybridized carbons (Fsp3) is 1.00. The second-order valence-corrected chi connectivity index (χ2v) is 5.37. The zero-order valence-corrected chi connectivity index (χ0v) is 10.3. The van der Waals surface area contributed by atoms with E-state index in [-0.39, 0.29) is 0 Å². The molecule has 2 atom stereocenters. The van der Waals surface area contributed by atoms with Crippen LogP contribution >= 0.6 is 0 Å². The Morgan fingerprint density at radius 2 is 2.00 bits per heavy atom. The van der Waals surface area contributed by atoms with Crippen molar-refractivity contribution in [3.05, 3.63) is 0 Å². The maximum Gasteiger partial charge on any atom is 0.0113 e. The van der Waals surface area contributed by atoms with E-state index in [0.717, 1.165) is 18.0 Å². The lowest BCUT2D eigenvalue weighted by atomic mass is 10.1. The average Bonchev–Trinajstić information content (AvgIpc) is 2.99. The minimum absolute atomic E-state index is 0.817. The zero-order chi connectivity index (χ0) is 10.7. The van der Waals surface area contributed by atoms with Gasteiger partial charge in [0, 0.05) is 25.2 Å². The standard InChI is InChI=1S/C13H26N2/c1-3-13-7-4-11(2)15(13)9-8-14-10-12-5-6-12/h11-14H,3-10H2,1-2H3. The molecule has 1 aliphatic carbocycles. The highest BCUT2D eigenvalue weighted by Gasteiger charge is 2.28. The van der Waals surface area contributed by atoms with E-state index < -0.39 is 0 Å². The summed E-state index contributed by atoms with van der Waals surface area (Å²) in [5.74, 6) is 1.02. The molecule has 2 fully saturated rings. The van der Waals surface area contributed by atoms with Crippen LogP contribution in [-0.4, -0.2) is 36.6 Å². The summed E-state index contributed by atoms with van der Waals surface area (Å²) in [7, 11) is 0. The maximum absolute atomic E-state index is 3.60. The molecule has 0 radical (unpaired) electrons. The molecule has 1 N–H and O–H groups in total. The second-order valence-electron chi connectivity index (χ2n) is 5.37. The van der Waals surface area contributed by atoms with Gasteiger partial charge in [0.25, 0.3) is 0 Å². The Kier molecular flexibility index (Phi) is 4.04. The first-order valence-electron chi connectivity index (χ1n) is 6.77. The maximum atomic E-state index is 3.60. The molecule has 0 amide bonds. The van der Waals surface area contributed by atoms with Crippen LogP contribution in [0.4, 0.5) is 0 Å². The summed E-state index contributed by atoms with van der Waals surface area (Å²) in [6.07, 6.45) is 7.07. The number of hydrogen-bond donors (Lipinski definition) is 1. The van der Waals surface area contributed by atoms with E-state index >= 15 is 0 Å². The molecule has 1 saturated heterocycles. The van der Waals surface area contributed by atoms with Crippen molar-refractivity contribution in [1.82, 2.24) is 10.2 Å². The van der Waals surface area contributed by atoms with Crippen LogP contribution in [0.15, 0.2) is 0 Å². The molecule has 1 aliphatic heterocycles. The van der Waals surface area contributed by atoms with Gasteiger partial charge in [0.1, 0.15) is 0 Å². The molecular formula is C13H26N2. The van der Waals surface area contributed by atoms with E-state index in [1.54, 1.807) is 0 Å². The molecule has 88 valence electrons. The molecule has 0 aromatic carbocycles. The highest BCUT2D eigenvalue weighted by molar-refractivity contribution is 4.84. The van der Waals surface area contributed by atoms with Crippen molar-refractivity contribution in [3.8, 4) is 0 Å². The molecule has 2 nitrogen and oxygen atoms in total. The zero-order valence-electron chi connectivity index (χ0n) is 10.3. The van der Waals surface area contributed by atoms with Gasteiger partial charge in [-0.3, -0.25) is 4.90 Å². The van der Waals surface area contributed by atoms with Gasteiger partial charge >= 0.3 is 0 Å². The summed E-state index contributed by atoms with van der Waals surface area (Å²) in [6, 6.07) is 1.68. The topological polar surface area (TPSA) is 15.3 Å². The third kappa shape index (κ3) is 3.18. The van der Waals surface area contributed by atoms with Crippen LogP contribution < -0.4 is 5.32 Å². The van der Waals surface area contributed by atoms with Crippen LogP contribution in [0.1, 0.15) is 46.0 Å². The molecule has 1 saturated carbocycles. The first-order chi connectivity index (χ1) is 7.31. The number of hydrogen-bond acceptors (Lipinski definition) is 2. The molecule has 2 heteroatoms. The third-order valence-corrected chi connectivity index (χ3v) is 4.10. The highest BCUT2D eigenvalue weighted by atomic mass is 15.2. The minimum atomic E-state index is 0.817. The lowest BCUT2D eigenvalue weighted by Gasteiger charge is -2.27. The quantitative estimate of drug-likeness (QED) is 0.676. The number of nitrogens with zero attached hydrogens (tertiary/aromatic N) is 1.